The number of nitrogens with zero attached hydrogens (tertiary/aromatic N) is 1. The molecule has 1 heterocycles. The number of ether oxygens (including phenoxy) is 1. The largest absolute Gasteiger partial charge is 0.496 e. The van der Waals surface area contributed by atoms with Crippen LogP contribution in [0.4, 0.5) is 0 Å². The Morgan fingerprint density at radius 3 is 2.85 bits per heavy atom. The van der Waals surface area contributed by atoms with Gasteiger partial charge in [-0.05, 0) is 49.4 Å². The average Bonchev–Trinajstić information content (AvgIpc) is 2.72. The van der Waals surface area contributed by atoms with Crippen LogP contribution in [0.5, 0.6) is 5.75 Å². The van der Waals surface area contributed by atoms with E-state index in [0.29, 0.717) is 12.1 Å². The van der Waals surface area contributed by atoms with E-state index in [-0.39, 0.29) is 5.91 Å². The van der Waals surface area contributed by atoms with Gasteiger partial charge < -0.3 is 10.1 Å². The molecule has 0 aliphatic heterocycles. The topological polar surface area (TPSA) is 51.2 Å². The average molecular weight is 381 g/mol. The van der Waals surface area contributed by atoms with E-state index in [0.717, 1.165) is 58.6 Å². The summed E-state index contributed by atoms with van der Waals surface area (Å²) in [5, 5.41) is 4.65. The summed E-state index contributed by atoms with van der Waals surface area (Å²) in [5.74, 6) is 0.620. The van der Waals surface area contributed by atoms with Crippen LogP contribution >= 0.6 is 11.6 Å². The number of halogens is 1. The van der Waals surface area contributed by atoms with E-state index in [4.69, 9.17) is 21.3 Å². The first-order valence-corrected chi connectivity index (χ1v) is 9.56. The summed E-state index contributed by atoms with van der Waals surface area (Å²) in [4.78, 5) is 17.4. The third-order valence-electron chi connectivity index (χ3n) is 5.09. The first-order valence-electron chi connectivity index (χ1n) is 9.18. The Labute approximate surface area is 163 Å². The molecule has 4 rings (SSSR count). The SMILES string of the molecule is COc1ccccc1CNC(=O)c1ccc2c(Cl)c3c(nc2c1)CCCC3. The Balaban J connectivity index is 1.59. The standard InChI is InChI=1S/C22H21ClN2O2/c1-27-20-9-5-2-6-15(20)13-24-22(26)14-10-11-17-19(12-14)25-18-8-4-3-7-16(18)21(17)23/h2,5-6,9-12H,3-4,7-8,13H2,1H3,(H,24,26). The van der Waals surface area contributed by atoms with Crippen molar-refractivity contribution in [1.82, 2.24) is 10.3 Å². The van der Waals surface area contributed by atoms with Gasteiger partial charge in [0.2, 0.25) is 0 Å². The van der Waals surface area contributed by atoms with E-state index in [9.17, 15) is 4.79 Å². The predicted molar refractivity (Wildman–Crippen MR) is 108 cm³/mol. The monoisotopic (exact) mass is 380 g/mol. The molecular formula is C22H21ClN2O2. The van der Waals surface area contributed by atoms with Crippen LogP contribution in [0.3, 0.4) is 0 Å². The molecule has 0 radical (unpaired) electrons. The Morgan fingerprint density at radius 2 is 2.00 bits per heavy atom. The van der Waals surface area contributed by atoms with Crippen molar-refractivity contribution in [1.29, 1.82) is 0 Å². The molecule has 138 valence electrons. The van der Waals surface area contributed by atoms with Gasteiger partial charge in [0.15, 0.2) is 0 Å². The molecule has 1 amide bonds. The Kier molecular flexibility index (Phi) is 4.99. The Bertz CT molecular complexity index is 1020. The van der Waals surface area contributed by atoms with Crippen molar-refractivity contribution in [3.05, 3.63) is 69.9 Å². The van der Waals surface area contributed by atoms with Crippen molar-refractivity contribution in [2.75, 3.05) is 7.11 Å². The molecule has 5 heteroatoms. The van der Waals surface area contributed by atoms with Crippen LogP contribution in [-0.2, 0) is 19.4 Å². The molecule has 1 N–H and O–H groups in total. The predicted octanol–water partition coefficient (Wildman–Crippen LogP) is 4.71. The second-order valence-electron chi connectivity index (χ2n) is 6.78. The number of hydrogen-bond acceptors (Lipinski definition) is 3. The number of carbonyl (C=O) groups excluding carboxylic acids is 1. The highest BCUT2D eigenvalue weighted by Crippen LogP contribution is 2.33. The molecule has 0 unspecified atom stereocenters. The minimum absolute atomic E-state index is 0.140. The molecule has 27 heavy (non-hydrogen) atoms. The van der Waals surface area contributed by atoms with Gasteiger partial charge in [-0.25, -0.2) is 0 Å². The van der Waals surface area contributed by atoms with Crippen molar-refractivity contribution < 1.29 is 9.53 Å². The van der Waals surface area contributed by atoms with Crippen LogP contribution in [0.15, 0.2) is 42.5 Å². The third-order valence-corrected chi connectivity index (χ3v) is 5.52. The molecule has 1 aliphatic rings. The highest BCUT2D eigenvalue weighted by atomic mass is 35.5. The van der Waals surface area contributed by atoms with Crippen molar-refractivity contribution in [2.24, 2.45) is 0 Å². The van der Waals surface area contributed by atoms with E-state index in [1.807, 2.05) is 42.5 Å². The lowest BCUT2D eigenvalue weighted by atomic mass is 9.94. The summed E-state index contributed by atoms with van der Waals surface area (Å²) in [6.45, 7) is 0.402. The number of rotatable bonds is 4. The summed E-state index contributed by atoms with van der Waals surface area (Å²) < 4.78 is 5.33. The minimum Gasteiger partial charge on any atom is -0.496 e. The maximum atomic E-state index is 12.6. The zero-order chi connectivity index (χ0) is 18.8. The fourth-order valence-electron chi connectivity index (χ4n) is 3.63. The van der Waals surface area contributed by atoms with Crippen LogP contribution in [-0.4, -0.2) is 18.0 Å². The van der Waals surface area contributed by atoms with E-state index >= 15 is 0 Å². The van der Waals surface area contributed by atoms with Crippen LogP contribution in [0.25, 0.3) is 10.9 Å². The van der Waals surface area contributed by atoms with Crippen molar-refractivity contribution in [3.8, 4) is 5.75 Å². The summed E-state index contributed by atoms with van der Waals surface area (Å²) in [6, 6.07) is 13.2. The molecule has 1 aromatic heterocycles. The number of nitrogens with one attached hydrogen (secondary N) is 1. The number of carbonyl (C=O) groups is 1. The van der Waals surface area contributed by atoms with Crippen LogP contribution in [0.1, 0.15) is 40.0 Å². The molecule has 0 saturated carbocycles. The highest BCUT2D eigenvalue weighted by molar-refractivity contribution is 6.36. The summed E-state index contributed by atoms with van der Waals surface area (Å²) in [6.07, 6.45) is 4.23. The fraction of sp³-hybridized carbons (Fsp3) is 0.273. The number of fused-ring (bicyclic) bond motifs is 2. The first-order chi connectivity index (χ1) is 13.2. The number of aromatic nitrogens is 1. The van der Waals surface area contributed by atoms with Crippen LogP contribution in [0, 0.1) is 0 Å². The van der Waals surface area contributed by atoms with Crippen molar-refractivity contribution >= 4 is 28.4 Å². The smallest absolute Gasteiger partial charge is 0.251 e. The van der Waals surface area contributed by atoms with Crippen LogP contribution in [0.2, 0.25) is 5.02 Å². The number of methoxy groups -OCH3 is 1. The number of hydrogen-bond donors (Lipinski definition) is 1. The normalized spacial score (nSPS) is 13.3. The van der Waals surface area contributed by atoms with Crippen LogP contribution < -0.4 is 10.1 Å². The number of aryl methyl sites for hydroxylation is 1. The molecule has 0 spiro atoms. The van der Waals surface area contributed by atoms with Gasteiger partial charge in [0.05, 0.1) is 17.6 Å². The molecule has 2 aromatic carbocycles. The summed E-state index contributed by atoms with van der Waals surface area (Å²) in [5.41, 5.74) is 4.54. The maximum absolute atomic E-state index is 12.6. The number of amides is 1. The van der Waals surface area contributed by atoms with E-state index in [2.05, 4.69) is 5.32 Å². The second-order valence-corrected chi connectivity index (χ2v) is 7.16. The van der Waals surface area contributed by atoms with Gasteiger partial charge in [-0.2, -0.15) is 0 Å². The lowest BCUT2D eigenvalue weighted by Gasteiger charge is -2.18. The van der Waals surface area contributed by atoms with E-state index in [1.165, 1.54) is 5.56 Å². The van der Waals surface area contributed by atoms with Gasteiger partial charge in [-0.1, -0.05) is 35.9 Å². The maximum Gasteiger partial charge on any atom is 0.251 e. The number of pyridine rings is 1. The van der Waals surface area contributed by atoms with E-state index in [1.54, 1.807) is 7.11 Å². The number of para-hydroxylation sites is 1. The fourth-order valence-corrected chi connectivity index (χ4v) is 4.00. The first kappa shape index (κ1) is 17.8. The van der Waals surface area contributed by atoms with Crippen molar-refractivity contribution in [2.45, 2.75) is 32.2 Å². The molecule has 3 aromatic rings. The zero-order valence-electron chi connectivity index (χ0n) is 15.2. The van der Waals surface area contributed by atoms with Gasteiger partial charge in [0.25, 0.3) is 5.91 Å². The Hall–Kier alpha value is -2.59. The quantitative estimate of drug-likeness (QED) is 0.713. The van der Waals surface area contributed by atoms with Gasteiger partial charge in [0, 0.05) is 28.8 Å². The van der Waals surface area contributed by atoms with Gasteiger partial charge in [0.1, 0.15) is 5.75 Å². The number of benzene rings is 2. The van der Waals surface area contributed by atoms with Crippen molar-refractivity contribution in [3.63, 3.8) is 0 Å². The minimum atomic E-state index is -0.140. The van der Waals surface area contributed by atoms with Gasteiger partial charge in [-0.15, -0.1) is 0 Å². The molecule has 0 saturated heterocycles. The van der Waals surface area contributed by atoms with Gasteiger partial charge >= 0.3 is 0 Å². The highest BCUT2D eigenvalue weighted by Gasteiger charge is 2.18. The zero-order valence-corrected chi connectivity index (χ0v) is 16.0. The molecule has 4 nitrogen and oxygen atoms in total. The van der Waals surface area contributed by atoms with E-state index < -0.39 is 0 Å². The third kappa shape index (κ3) is 3.50. The lowest BCUT2D eigenvalue weighted by molar-refractivity contribution is 0.0951. The molecular weight excluding hydrogens is 360 g/mol. The molecule has 1 aliphatic carbocycles. The van der Waals surface area contributed by atoms with Gasteiger partial charge in [-0.3, -0.25) is 9.78 Å². The lowest BCUT2D eigenvalue weighted by Crippen LogP contribution is -2.23. The molecule has 0 atom stereocenters. The second kappa shape index (κ2) is 7.57. The molecule has 0 bridgehead atoms. The summed E-state index contributed by atoms with van der Waals surface area (Å²) >= 11 is 6.61. The summed E-state index contributed by atoms with van der Waals surface area (Å²) in [7, 11) is 1.63. The Morgan fingerprint density at radius 1 is 1.19 bits per heavy atom. The molecule has 0 fully saturated rings.